The van der Waals surface area contributed by atoms with Crippen molar-refractivity contribution in [2.24, 2.45) is 0 Å². The van der Waals surface area contributed by atoms with E-state index in [1.54, 1.807) is 30.3 Å². The van der Waals surface area contributed by atoms with Crippen molar-refractivity contribution in [3.8, 4) is 0 Å². The van der Waals surface area contributed by atoms with E-state index < -0.39 is 11.9 Å². The molecular formula is C21H20N4O3. The highest BCUT2D eigenvalue weighted by atomic mass is 16.5. The SMILES string of the molecule is COC(=O)c1cccc(NC(=O)c2ccc(Nc3cc(C)cc(C)c3)nn2)c1. The number of hydrogen-bond acceptors (Lipinski definition) is 6. The van der Waals surface area contributed by atoms with Gasteiger partial charge in [0.2, 0.25) is 0 Å². The molecule has 0 aliphatic heterocycles. The minimum atomic E-state index is -0.474. The van der Waals surface area contributed by atoms with Crippen LogP contribution in [0.4, 0.5) is 17.2 Å². The lowest BCUT2D eigenvalue weighted by Crippen LogP contribution is -2.15. The normalized spacial score (nSPS) is 10.2. The zero-order valence-electron chi connectivity index (χ0n) is 15.8. The van der Waals surface area contributed by atoms with Gasteiger partial charge in [-0.05, 0) is 67.4 Å². The van der Waals surface area contributed by atoms with Crippen molar-refractivity contribution in [1.29, 1.82) is 0 Å². The summed E-state index contributed by atoms with van der Waals surface area (Å²) in [6.45, 7) is 4.04. The van der Waals surface area contributed by atoms with E-state index in [9.17, 15) is 9.59 Å². The van der Waals surface area contributed by atoms with Gasteiger partial charge < -0.3 is 15.4 Å². The summed E-state index contributed by atoms with van der Waals surface area (Å²) in [5.74, 6) is -0.362. The maximum Gasteiger partial charge on any atom is 0.337 e. The number of aromatic nitrogens is 2. The summed E-state index contributed by atoms with van der Waals surface area (Å²) >= 11 is 0. The summed E-state index contributed by atoms with van der Waals surface area (Å²) in [7, 11) is 1.30. The van der Waals surface area contributed by atoms with Crippen LogP contribution in [0.2, 0.25) is 0 Å². The number of benzene rings is 2. The van der Waals surface area contributed by atoms with Gasteiger partial charge in [-0.1, -0.05) is 12.1 Å². The molecule has 3 rings (SSSR count). The fourth-order valence-electron chi connectivity index (χ4n) is 2.75. The highest BCUT2D eigenvalue weighted by Gasteiger charge is 2.11. The van der Waals surface area contributed by atoms with Gasteiger partial charge in [-0.25, -0.2) is 4.79 Å². The van der Waals surface area contributed by atoms with Crippen LogP contribution in [0.15, 0.2) is 54.6 Å². The Morgan fingerprint density at radius 2 is 1.64 bits per heavy atom. The molecule has 0 aliphatic rings. The molecule has 2 N–H and O–H groups in total. The van der Waals surface area contributed by atoms with Gasteiger partial charge in [-0.15, -0.1) is 10.2 Å². The smallest absolute Gasteiger partial charge is 0.337 e. The van der Waals surface area contributed by atoms with Gasteiger partial charge in [-0.2, -0.15) is 0 Å². The molecule has 0 saturated carbocycles. The van der Waals surface area contributed by atoms with E-state index in [4.69, 9.17) is 0 Å². The van der Waals surface area contributed by atoms with Gasteiger partial charge in [0.05, 0.1) is 12.7 Å². The second-order valence-electron chi connectivity index (χ2n) is 6.33. The number of ether oxygens (including phenoxy) is 1. The quantitative estimate of drug-likeness (QED) is 0.657. The Kier molecular flexibility index (Phi) is 5.64. The second-order valence-corrected chi connectivity index (χ2v) is 6.33. The molecule has 0 fully saturated rings. The number of anilines is 3. The molecule has 0 aliphatic carbocycles. The highest BCUT2D eigenvalue weighted by molar-refractivity contribution is 6.03. The van der Waals surface area contributed by atoms with Gasteiger partial charge in [-0.3, -0.25) is 4.79 Å². The second kappa shape index (κ2) is 8.30. The molecule has 0 bridgehead atoms. The predicted octanol–water partition coefficient (Wildman–Crippen LogP) is 3.88. The number of amides is 1. The number of aryl methyl sites for hydroxylation is 2. The molecule has 0 unspecified atom stereocenters. The molecule has 1 amide bonds. The van der Waals surface area contributed by atoms with Gasteiger partial charge in [0.15, 0.2) is 11.5 Å². The summed E-state index contributed by atoms with van der Waals surface area (Å²) in [6, 6.07) is 15.8. The Hall–Kier alpha value is -3.74. The fraction of sp³-hybridized carbons (Fsp3) is 0.143. The fourth-order valence-corrected chi connectivity index (χ4v) is 2.75. The number of hydrogen-bond donors (Lipinski definition) is 2. The van der Waals surface area contributed by atoms with E-state index in [1.165, 1.54) is 13.2 Å². The van der Waals surface area contributed by atoms with E-state index in [2.05, 4.69) is 31.6 Å². The van der Waals surface area contributed by atoms with E-state index in [0.717, 1.165) is 16.8 Å². The van der Waals surface area contributed by atoms with Gasteiger partial charge in [0, 0.05) is 11.4 Å². The van der Waals surface area contributed by atoms with Crippen LogP contribution < -0.4 is 10.6 Å². The lowest BCUT2D eigenvalue weighted by Gasteiger charge is -2.08. The average molecular weight is 376 g/mol. The van der Waals surface area contributed by atoms with Gasteiger partial charge >= 0.3 is 5.97 Å². The van der Waals surface area contributed by atoms with Crippen LogP contribution in [0, 0.1) is 13.8 Å². The first kappa shape index (κ1) is 19.0. The minimum absolute atomic E-state index is 0.162. The molecule has 3 aromatic rings. The zero-order chi connectivity index (χ0) is 20.1. The Morgan fingerprint density at radius 1 is 0.893 bits per heavy atom. The van der Waals surface area contributed by atoms with Crippen LogP contribution in [-0.2, 0) is 4.74 Å². The predicted molar refractivity (Wildman–Crippen MR) is 107 cm³/mol. The molecule has 142 valence electrons. The molecule has 2 aromatic carbocycles. The summed E-state index contributed by atoms with van der Waals surface area (Å²) < 4.78 is 4.68. The molecule has 7 heteroatoms. The molecule has 1 aromatic heterocycles. The number of carbonyl (C=O) groups excluding carboxylic acids is 2. The van der Waals surface area contributed by atoms with Crippen LogP contribution in [0.25, 0.3) is 0 Å². The van der Waals surface area contributed by atoms with Crippen molar-refractivity contribution in [2.45, 2.75) is 13.8 Å². The van der Waals surface area contributed by atoms with Crippen molar-refractivity contribution >= 4 is 29.1 Å². The Morgan fingerprint density at radius 3 is 2.29 bits per heavy atom. The van der Waals surface area contributed by atoms with E-state index >= 15 is 0 Å². The lowest BCUT2D eigenvalue weighted by atomic mass is 10.1. The van der Waals surface area contributed by atoms with Gasteiger partial charge in [0.1, 0.15) is 0 Å². The van der Waals surface area contributed by atoms with E-state index in [1.807, 2.05) is 26.0 Å². The number of esters is 1. The summed E-state index contributed by atoms with van der Waals surface area (Å²) in [6.07, 6.45) is 0. The molecule has 0 radical (unpaired) electrons. The Balaban J connectivity index is 1.69. The first-order valence-electron chi connectivity index (χ1n) is 8.63. The third kappa shape index (κ3) is 4.70. The Bertz CT molecular complexity index is 996. The van der Waals surface area contributed by atoms with E-state index in [-0.39, 0.29) is 5.69 Å². The van der Waals surface area contributed by atoms with Crippen molar-refractivity contribution in [1.82, 2.24) is 10.2 Å². The van der Waals surface area contributed by atoms with Crippen molar-refractivity contribution in [2.75, 3.05) is 17.7 Å². The maximum absolute atomic E-state index is 12.4. The van der Waals surface area contributed by atoms with Gasteiger partial charge in [0.25, 0.3) is 5.91 Å². The maximum atomic E-state index is 12.4. The van der Waals surface area contributed by atoms with Crippen LogP contribution in [0.1, 0.15) is 32.0 Å². The van der Waals surface area contributed by atoms with Crippen molar-refractivity contribution in [3.63, 3.8) is 0 Å². The number of carbonyl (C=O) groups is 2. The third-order valence-electron chi connectivity index (χ3n) is 3.93. The molecule has 0 atom stereocenters. The van der Waals surface area contributed by atoms with Crippen LogP contribution >= 0.6 is 0 Å². The summed E-state index contributed by atoms with van der Waals surface area (Å²) in [4.78, 5) is 24.0. The van der Waals surface area contributed by atoms with Crippen LogP contribution in [0.5, 0.6) is 0 Å². The zero-order valence-corrected chi connectivity index (χ0v) is 15.8. The molecule has 28 heavy (non-hydrogen) atoms. The molecule has 1 heterocycles. The first-order chi connectivity index (χ1) is 13.4. The summed E-state index contributed by atoms with van der Waals surface area (Å²) in [5, 5.41) is 13.9. The number of nitrogens with one attached hydrogen (secondary N) is 2. The van der Waals surface area contributed by atoms with Crippen molar-refractivity contribution in [3.05, 3.63) is 77.0 Å². The standard InChI is InChI=1S/C21H20N4O3/c1-13-9-14(2)11-17(10-13)22-19-8-7-18(24-25-19)20(26)23-16-6-4-5-15(12-16)21(27)28-3/h4-12H,1-3H3,(H,22,25)(H,23,26). The first-order valence-corrected chi connectivity index (χ1v) is 8.63. The molecular weight excluding hydrogens is 356 g/mol. The monoisotopic (exact) mass is 376 g/mol. The largest absolute Gasteiger partial charge is 0.465 e. The molecule has 7 nitrogen and oxygen atoms in total. The molecule has 0 saturated heterocycles. The third-order valence-corrected chi connectivity index (χ3v) is 3.93. The number of rotatable bonds is 5. The van der Waals surface area contributed by atoms with Crippen molar-refractivity contribution < 1.29 is 14.3 Å². The minimum Gasteiger partial charge on any atom is -0.465 e. The topological polar surface area (TPSA) is 93.2 Å². The molecule has 0 spiro atoms. The highest BCUT2D eigenvalue weighted by Crippen LogP contribution is 2.18. The number of nitrogens with zero attached hydrogens (tertiary/aromatic N) is 2. The Labute approximate surface area is 162 Å². The van der Waals surface area contributed by atoms with Crippen LogP contribution in [-0.4, -0.2) is 29.2 Å². The average Bonchev–Trinajstić information content (AvgIpc) is 2.67. The van der Waals surface area contributed by atoms with E-state index in [0.29, 0.717) is 17.1 Å². The number of methoxy groups -OCH3 is 1. The van der Waals surface area contributed by atoms with Crippen LogP contribution in [0.3, 0.4) is 0 Å². The summed E-state index contributed by atoms with van der Waals surface area (Å²) in [5.41, 5.74) is 4.16. The lowest BCUT2D eigenvalue weighted by molar-refractivity contribution is 0.0600.